The van der Waals surface area contributed by atoms with Crippen molar-refractivity contribution in [1.82, 2.24) is 5.32 Å². The summed E-state index contributed by atoms with van der Waals surface area (Å²) in [5, 5.41) is 19.7. The highest BCUT2D eigenvalue weighted by Gasteiger charge is 1.84. The smallest absolute Gasteiger partial charge is 0.0443 e. The predicted octanol–water partition coefficient (Wildman–Crippen LogP) is 1.39. The zero-order valence-corrected chi connectivity index (χ0v) is 9.64. The SMILES string of the molecule is CC.CC.OCCCNCCCO. The molecular weight excluding hydrogens is 166 g/mol. The Morgan fingerprint density at radius 1 is 0.769 bits per heavy atom. The first kappa shape index (κ1) is 18.6. The maximum Gasteiger partial charge on any atom is 0.0443 e. The quantitative estimate of drug-likeness (QED) is 0.559. The number of aliphatic hydroxyl groups excluding tert-OH is 2. The van der Waals surface area contributed by atoms with Crippen LogP contribution in [0.5, 0.6) is 0 Å². The average molecular weight is 193 g/mol. The van der Waals surface area contributed by atoms with Crippen LogP contribution in [-0.4, -0.2) is 36.5 Å². The molecule has 0 saturated heterocycles. The first-order chi connectivity index (χ1) is 6.41. The summed E-state index contributed by atoms with van der Waals surface area (Å²) >= 11 is 0. The van der Waals surface area contributed by atoms with Gasteiger partial charge in [0.1, 0.15) is 0 Å². The van der Waals surface area contributed by atoms with Gasteiger partial charge in [0.05, 0.1) is 0 Å². The van der Waals surface area contributed by atoms with Gasteiger partial charge < -0.3 is 15.5 Å². The van der Waals surface area contributed by atoms with Gasteiger partial charge in [-0.25, -0.2) is 0 Å². The van der Waals surface area contributed by atoms with Crippen molar-refractivity contribution in [2.75, 3.05) is 26.3 Å². The molecule has 0 saturated carbocycles. The van der Waals surface area contributed by atoms with E-state index in [-0.39, 0.29) is 13.2 Å². The standard InChI is InChI=1S/C6H15NO2.2C2H6/c8-5-1-3-7-4-2-6-9;2*1-2/h7-9H,1-6H2;2*1-2H3. The van der Waals surface area contributed by atoms with Crippen LogP contribution in [0.15, 0.2) is 0 Å². The fraction of sp³-hybridized carbons (Fsp3) is 1.00. The molecule has 0 spiro atoms. The highest BCUT2D eigenvalue weighted by molar-refractivity contribution is 4.45. The zero-order valence-electron chi connectivity index (χ0n) is 9.64. The Balaban J connectivity index is -0.000000218. The topological polar surface area (TPSA) is 52.5 Å². The Hall–Kier alpha value is -0.120. The third-order valence-electron chi connectivity index (χ3n) is 1.02. The van der Waals surface area contributed by atoms with Gasteiger partial charge in [-0.05, 0) is 25.9 Å². The lowest BCUT2D eigenvalue weighted by Crippen LogP contribution is -2.18. The molecule has 84 valence electrons. The molecule has 0 fully saturated rings. The largest absolute Gasteiger partial charge is 0.396 e. The minimum absolute atomic E-state index is 0.242. The molecule has 0 atom stereocenters. The summed E-state index contributed by atoms with van der Waals surface area (Å²) in [4.78, 5) is 0. The Kier molecular flexibility index (Phi) is 42.6. The van der Waals surface area contributed by atoms with E-state index in [0.717, 1.165) is 25.9 Å². The summed E-state index contributed by atoms with van der Waals surface area (Å²) in [6, 6.07) is 0. The molecule has 0 amide bonds. The monoisotopic (exact) mass is 193 g/mol. The number of hydrogen-bond acceptors (Lipinski definition) is 3. The molecular formula is C10H27NO2. The van der Waals surface area contributed by atoms with Crippen molar-refractivity contribution in [1.29, 1.82) is 0 Å². The van der Waals surface area contributed by atoms with Crippen LogP contribution in [0.25, 0.3) is 0 Å². The fourth-order valence-electron chi connectivity index (χ4n) is 0.533. The van der Waals surface area contributed by atoms with Crippen molar-refractivity contribution in [3.8, 4) is 0 Å². The molecule has 3 N–H and O–H groups in total. The first-order valence-corrected chi connectivity index (χ1v) is 5.34. The van der Waals surface area contributed by atoms with E-state index >= 15 is 0 Å². The van der Waals surface area contributed by atoms with E-state index in [1.165, 1.54) is 0 Å². The number of aliphatic hydroxyl groups is 2. The highest BCUT2D eigenvalue weighted by atomic mass is 16.3. The molecule has 0 unspecified atom stereocenters. The molecule has 0 aromatic carbocycles. The fourth-order valence-corrected chi connectivity index (χ4v) is 0.533. The van der Waals surface area contributed by atoms with E-state index < -0.39 is 0 Å². The molecule has 3 nitrogen and oxygen atoms in total. The summed E-state index contributed by atoms with van der Waals surface area (Å²) < 4.78 is 0. The minimum Gasteiger partial charge on any atom is -0.396 e. The second-order valence-electron chi connectivity index (χ2n) is 1.90. The van der Waals surface area contributed by atoms with Crippen LogP contribution in [-0.2, 0) is 0 Å². The van der Waals surface area contributed by atoms with Crippen LogP contribution >= 0.6 is 0 Å². The van der Waals surface area contributed by atoms with Crippen molar-refractivity contribution in [2.24, 2.45) is 0 Å². The van der Waals surface area contributed by atoms with Crippen molar-refractivity contribution in [3.63, 3.8) is 0 Å². The van der Waals surface area contributed by atoms with Gasteiger partial charge in [-0.1, -0.05) is 27.7 Å². The van der Waals surface area contributed by atoms with Crippen molar-refractivity contribution < 1.29 is 10.2 Å². The van der Waals surface area contributed by atoms with Gasteiger partial charge in [0, 0.05) is 13.2 Å². The zero-order chi connectivity index (χ0) is 10.9. The van der Waals surface area contributed by atoms with Crippen LogP contribution in [0.3, 0.4) is 0 Å². The van der Waals surface area contributed by atoms with Gasteiger partial charge in [0.25, 0.3) is 0 Å². The Morgan fingerprint density at radius 3 is 1.31 bits per heavy atom. The van der Waals surface area contributed by atoms with E-state index in [0.29, 0.717) is 0 Å². The van der Waals surface area contributed by atoms with Gasteiger partial charge in [0.2, 0.25) is 0 Å². The summed E-state index contributed by atoms with van der Waals surface area (Å²) in [5.74, 6) is 0. The van der Waals surface area contributed by atoms with Crippen LogP contribution in [0.2, 0.25) is 0 Å². The molecule has 0 aliphatic heterocycles. The Morgan fingerprint density at radius 2 is 1.08 bits per heavy atom. The van der Waals surface area contributed by atoms with E-state index in [1.807, 2.05) is 27.7 Å². The lowest BCUT2D eigenvalue weighted by Gasteiger charge is -1.99. The van der Waals surface area contributed by atoms with E-state index in [9.17, 15) is 0 Å². The number of rotatable bonds is 6. The lowest BCUT2D eigenvalue weighted by molar-refractivity contribution is 0.276. The molecule has 13 heavy (non-hydrogen) atoms. The van der Waals surface area contributed by atoms with Crippen LogP contribution in [0.4, 0.5) is 0 Å². The van der Waals surface area contributed by atoms with E-state index in [1.54, 1.807) is 0 Å². The van der Waals surface area contributed by atoms with Gasteiger partial charge in [-0.2, -0.15) is 0 Å². The molecule has 0 aromatic heterocycles. The summed E-state index contributed by atoms with van der Waals surface area (Å²) in [7, 11) is 0. The Labute approximate surface area is 83.2 Å². The molecule has 0 rings (SSSR count). The molecule has 0 aromatic rings. The van der Waals surface area contributed by atoms with Crippen molar-refractivity contribution >= 4 is 0 Å². The summed E-state index contributed by atoms with van der Waals surface area (Å²) in [6.07, 6.45) is 1.59. The molecule has 3 heteroatoms. The van der Waals surface area contributed by atoms with Crippen LogP contribution < -0.4 is 5.32 Å². The lowest BCUT2D eigenvalue weighted by atomic mass is 10.4. The van der Waals surface area contributed by atoms with Gasteiger partial charge in [0.15, 0.2) is 0 Å². The van der Waals surface area contributed by atoms with E-state index in [4.69, 9.17) is 10.2 Å². The molecule has 0 bridgehead atoms. The second kappa shape index (κ2) is 29.7. The Bertz CT molecular complexity index is 46.2. The highest BCUT2D eigenvalue weighted by Crippen LogP contribution is 1.74. The first-order valence-electron chi connectivity index (χ1n) is 5.34. The molecule has 0 aliphatic carbocycles. The van der Waals surface area contributed by atoms with Crippen LogP contribution in [0, 0.1) is 0 Å². The maximum atomic E-state index is 8.33. The molecule has 0 heterocycles. The average Bonchev–Trinajstić information content (AvgIpc) is 2.24. The van der Waals surface area contributed by atoms with Crippen molar-refractivity contribution in [2.45, 2.75) is 40.5 Å². The van der Waals surface area contributed by atoms with Gasteiger partial charge in [-0.15, -0.1) is 0 Å². The van der Waals surface area contributed by atoms with Gasteiger partial charge >= 0.3 is 0 Å². The second-order valence-corrected chi connectivity index (χ2v) is 1.90. The van der Waals surface area contributed by atoms with E-state index in [2.05, 4.69) is 5.32 Å². The predicted molar refractivity (Wildman–Crippen MR) is 59.0 cm³/mol. The van der Waals surface area contributed by atoms with Crippen molar-refractivity contribution in [3.05, 3.63) is 0 Å². The normalized spacial score (nSPS) is 7.85. The van der Waals surface area contributed by atoms with Crippen LogP contribution in [0.1, 0.15) is 40.5 Å². The van der Waals surface area contributed by atoms with Gasteiger partial charge in [-0.3, -0.25) is 0 Å². The third kappa shape index (κ3) is 33.5. The third-order valence-corrected chi connectivity index (χ3v) is 1.02. The molecule has 0 aliphatic rings. The number of hydrogen-bond donors (Lipinski definition) is 3. The molecule has 0 radical (unpaired) electrons. The number of nitrogens with one attached hydrogen (secondary N) is 1. The maximum absolute atomic E-state index is 8.33. The summed E-state index contributed by atoms with van der Waals surface area (Å²) in [5.41, 5.74) is 0. The summed E-state index contributed by atoms with van der Waals surface area (Å²) in [6.45, 7) is 10.2. The minimum atomic E-state index is 0.242.